The first-order chi connectivity index (χ1) is 9.39. The maximum Gasteiger partial charge on any atom is 0.243 e. The van der Waals surface area contributed by atoms with Crippen molar-refractivity contribution in [3.05, 3.63) is 29.8 Å². The van der Waals surface area contributed by atoms with Crippen molar-refractivity contribution < 1.29 is 8.42 Å². The van der Waals surface area contributed by atoms with Crippen LogP contribution in [-0.4, -0.2) is 38.4 Å². The van der Waals surface area contributed by atoms with Gasteiger partial charge in [0.25, 0.3) is 0 Å². The Kier molecular flexibility index (Phi) is 6.66. The van der Waals surface area contributed by atoms with E-state index < -0.39 is 10.0 Å². The molecule has 21 heavy (non-hydrogen) atoms. The smallest absolute Gasteiger partial charge is 0.243 e. The van der Waals surface area contributed by atoms with Gasteiger partial charge in [-0.3, -0.25) is 0 Å². The highest BCUT2D eigenvalue weighted by molar-refractivity contribution is 7.89. The van der Waals surface area contributed by atoms with Crippen LogP contribution in [0.2, 0.25) is 0 Å². The molecule has 4 nitrogen and oxygen atoms in total. The second kappa shape index (κ2) is 7.58. The third-order valence-corrected chi connectivity index (χ3v) is 5.42. The zero-order valence-corrected chi connectivity index (χ0v) is 14.5. The van der Waals surface area contributed by atoms with Crippen molar-refractivity contribution in [3.63, 3.8) is 0 Å². The number of piperazine rings is 1. The highest BCUT2D eigenvalue weighted by Gasteiger charge is 2.28. The van der Waals surface area contributed by atoms with Crippen LogP contribution in [0.4, 0.5) is 0 Å². The van der Waals surface area contributed by atoms with Crippen molar-refractivity contribution in [2.45, 2.75) is 38.1 Å². The van der Waals surface area contributed by atoms with Gasteiger partial charge in [-0.1, -0.05) is 26.0 Å². The van der Waals surface area contributed by atoms with E-state index in [1.165, 1.54) is 5.56 Å². The number of benzene rings is 1. The molecule has 1 saturated heterocycles. The molecule has 0 radical (unpaired) electrons. The number of hydrogen-bond donors (Lipinski definition) is 1. The van der Waals surface area contributed by atoms with E-state index in [9.17, 15) is 8.42 Å². The number of rotatable bonds is 4. The molecule has 1 N–H and O–H groups in total. The molecule has 1 aromatic rings. The zero-order chi connectivity index (χ0) is 14.8. The minimum atomic E-state index is -3.35. The first-order valence-electron chi connectivity index (χ1n) is 7.22. The first-order valence-corrected chi connectivity index (χ1v) is 8.66. The van der Waals surface area contributed by atoms with Crippen molar-refractivity contribution in [2.75, 3.05) is 19.6 Å². The summed E-state index contributed by atoms with van der Waals surface area (Å²) in [5.41, 5.74) is 1.19. The molecule has 0 aromatic heterocycles. The van der Waals surface area contributed by atoms with Crippen molar-refractivity contribution in [1.82, 2.24) is 9.62 Å². The summed E-state index contributed by atoms with van der Waals surface area (Å²) in [5, 5.41) is 3.26. The lowest BCUT2D eigenvalue weighted by Gasteiger charge is -2.31. The molecular weight excluding hydrogens is 308 g/mol. The van der Waals surface area contributed by atoms with Gasteiger partial charge in [-0.25, -0.2) is 8.42 Å². The van der Waals surface area contributed by atoms with Crippen LogP contribution in [0.5, 0.6) is 0 Å². The summed E-state index contributed by atoms with van der Waals surface area (Å²) in [6.07, 6.45) is 0.977. The average molecular weight is 333 g/mol. The summed E-state index contributed by atoms with van der Waals surface area (Å²) in [6.45, 7) is 8.12. The van der Waals surface area contributed by atoms with Gasteiger partial charge in [0.2, 0.25) is 10.0 Å². The van der Waals surface area contributed by atoms with Gasteiger partial charge in [-0.2, -0.15) is 4.31 Å². The van der Waals surface area contributed by atoms with Gasteiger partial charge in [-0.05, 0) is 37.0 Å². The van der Waals surface area contributed by atoms with Gasteiger partial charge in [0.1, 0.15) is 0 Å². The van der Waals surface area contributed by atoms with Gasteiger partial charge in [0, 0.05) is 25.7 Å². The summed E-state index contributed by atoms with van der Waals surface area (Å²) in [5.74, 6) is 0.575. The Hall–Kier alpha value is -0.620. The highest BCUT2D eigenvalue weighted by Crippen LogP contribution is 2.19. The molecule has 2 rings (SSSR count). The quantitative estimate of drug-likeness (QED) is 0.920. The fourth-order valence-corrected chi connectivity index (χ4v) is 4.06. The van der Waals surface area contributed by atoms with Gasteiger partial charge < -0.3 is 5.32 Å². The fraction of sp³-hybridized carbons (Fsp3) is 0.600. The molecule has 120 valence electrons. The lowest BCUT2D eigenvalue weighted by Crippen LogP contribution is -2.51. The van der Waals surface area contributed by atoms with Gasteiger partial charge in [-0.15, -0.1) is 12.4 Å². The number of nitrogens with zero attached hydrogens (tertiary/aromatic N) is 1. The Labute approximate surface area is 134 Å². The van der Waals surface area contributed by atoms with E-state index in [0.717, 1.165) is 6.42 Å². The monoisotopic (exact) mass is 332 g/mol. The summed E-state index contributed by atoms with van der Waals surface area (Å²) in [6, 6.07) is 7.54. The molecule has 1 fully saturated rings. The Morgan fingerprint density at radius 1 is 1.29 bits per heavy atom. The van der Waals surface area contributed by atoms with Gasteiger partial charge in [0.05, 0.1) is 4.90 Å². The molecule has 6 heteroatoms. The van der Waals surface area contributed by atoms with Crippen molar-refractivity contribution in [2.24, 2.45) is 5.92 Å². The lowest BCUT2D eigenvalue weighted by atomic mass is 10.0. The van der Waals surface area contributed by atoms with Crippen LogP contribution in [0.15, 0.2) is 29.2 Å². The Bertz CT molecular complexity index is 543. The molecule has 1 aliphatic rings. The fourth-order valence-electron chi connectivity index (χ4n) is 2.53. The summed E-state index contributed by atoms with van der Waals surface area (Å²) < 4.78 is 26.7. The van der Waals surface area contributed by atoms with Crippen LogP contribution in [0.3, 0.4) is 0 Å². The second-order valence-electron chi connectivity index (χ2n) is 5.96. The van der Waals surface area contributed by atoms with Crippen LogP contribution in [-0.2, 0) is 16.4 Å². The van der Waals surface area contributed by atoms with E-state index in [0.29, 0.717) is 30.4 Å². The maximum absolute atomic E-state index is 12.6. The molecule has 1 heterocycles. The SMILES string of the molecule is CC(C)Cc1ccc(S(=O)(=O)N2CCNC(C)C2)cc1.Cl. The molecule has 1 unspecified atom stereocenters. The topological polar surface area (TPSA) is 49.4 Å². The van der Waals surface area contributed by atoms with E-state index in [1.807, 2.05) is 19.1 Å². The summed E-state index contributed by atoms with van der Waals surface area (Å²) in [7, 11) is -3.35. The zero-order valence-electron chi connectivity index (χ0n) is 12.9. The highest BCUT2D eigenvalue weighted by atomic mass is 35.5. The second-order valence-corrected chi connectivity index (χ2v) is 7.90. The van der Waals surface area contributed by atoms with Crippen molar-refractivity contribution in [3.8, 4) is 0 Å². The molecular formula is C15H25ClN2O2S. The Morgan fingerprint density at radius 3 is 2.43 bits per heavy atom. The molecule has 0 amide bonds. The minimum absolute atomic E-state index is 0. The van der Waals surface area contributed by atoms with E-state index >= 15 is 0 Å². The Balaban J connectivity index is 0.00000220. The third-order valence-electron chi connectivity index (χ3n) is 3.54. The molecule has 0 aliphatic carbocycles. The normalized spacial score (nSPS) is 20.3. The third kappa shape index (κ3) is 4.68. The van der Waals surface area contributed by atoms with Gasteiger partial charge in [0.15, 0.2) is 0 Å². The number of nitrogens with one attached hydrogen (secondary N) is 1. The molecule has 0 saturated carbocycles. The number of sulfonamides is 1. The van der Waals surface area contributed by atoms with E-state index in [4.69, 9.17) is 0 Å². The van der Waals surface area contributed by atoms with Gasteiger partial charge >= 0.3 is 0 Å². The van der Waals surface area contributed by atoms with Crippen molar-refractivity contribution >= 4 is 22.4 Å². The van der Waals surface area contributed by atoms with E-state index in [2.05, 4.69) is 19.2 Å². The summed E-state index contributed by atoms with van der Waals surface area (Å²) >= 11 is 0. The Morgan fingerprint density at radius 2 is 1.90 bits per heavy atom. The average Bonchev–Trinajstić information content (AvgIpc) is 2.38. The molecule has 1 atom stereocenters. The molecule has 0 spiro atoms. The lowest BCUT2D eigenvalue weighted by molar-refractivity contribution is 0.310. The maximum atomic E-state index is 12.6. The van der Waals surface area contributed by atoms with Crippen LogP contribution in [0.1, 0.15) is 26.3 Å². The van der Waals surface area contributed by atoms with Crippen LogP contribution in [0.25, 0.3) is 0 Å². The van der Waals surface area contributed by atoms with E-state index in [1.54, 1.807) is 16.4 Å². The molecule has 0 bridgehead atoms. The standard InChI is InChI=1S/C15H24N2O2S.ClH/c1-12(2)10-14-4-6-15(7-5-14)20(18,19)17-9-8-16-13(3)11-17;/h4-7,12-13,16H,8-11H2,1-3H3;1H. The van der Waals surface area contributed by atoms with E-state index in [-0.39, 0.29) is 18.4 Å². The first kappa shape index (κ1) is 18.4. The molecule has 1 aliphatic heterocycles. The predicted molar refractivity (Wildman–Crippen MR) is 88.5 cm³/mol. The number of halogens is 1. The van der Waals surface area contributed by atoms with Crippen molar-refractivity contribution in [1.29, 1.82) is 0 Å². The summed E-state index contributed by atoms with van der Waals surface area (Å²) in [4.78, 5) is 0.402. The number of hydrogen-bond acceptors (Lipinski definition) is 3. The minimum Gasteiger partial charge on any atom is -0.312 e. The largest absolute Gasteiger partial charge is 0.312 e. The van der Waals surface area contributed by atoms with Crippen LogP contribution < -0.4 is 5.32 Å². The molecule has 1 aromatic carbocycles. The van der Waals surface area contributed by atoms with Crippen LogP contribution >= 0.6 is 12.4 Å². The van der Waals surface area contributed by atoms with Crippen LogP contribution in [0, 0.1) is 5.92 Å². The predicted octanol–water partition coefficient (Wildman–Crippen LogP) is 2.29.